The Hall–Kier alpha value is -0.0800. The lowest BCUT2D eigenvalue weighted by Crippen LogP contribution is -2.50. The fourth-order valence-electron chi connectivity index (χ4n) is 2.28. The minimum Gasteiger partial charge on any atom is -0.388 e. The van der Waals surface area contributed by atoms with Crippen molar-refractivity contribution < 1.29 is 5.11 Å². The summed E-state index contributed by atoms with van der Waals surface area (Å²) in [5.41, 5.74) is 5.33. The minimum absolute atomic E-state index is 0.0275. The molecule has 3 unspecified atom stereocenters. The van der Waals surface area contributed by atoms with E-state index in [9.17, 15) is 5.11 Å². The highest BCUT2D eigenvalue weighted by atomic mass is 16.3. The molecule has 3 N–H and O–H groups in total. The Labute approximate surface area is 75.2 Å². The molecule has 2 heteroatoms. The monoisotopic (exact) mass is 171 g/mol. The Balaban J connectivity index is 2.56. The predicted octanol–water partition coefficient (Wildman–Crippen LogP) is 1.66. The van der Waals surface area contributed by atoms with Crippen LogP contribution in [0.4, 0.5) is 0 Å². The Bertz CT molecular complexity index is 149. The number of rotatable bonds is 2. The highest BCUT2D eigenvalue weighted by Gasteiger charge is 2.36. The van der Waals surface area contributed by atoms with Crippen LogP contribution in [-0.4, -0.2) is 16.7 Å². The van der Waals surface area contributed by atoms with Gasteiger partial charge in [0.05, 0.1) is 5.60 Å². The van der Waals surface area contributed by atoms with Crippen LogP contribution >= 0.6 is 0 Å². The SMILES string of the molecule is CCC(N)C1(O)CCCC(C)C1. The molecule has 0 bridgehead atoms. The van der Waals surface area contributed by atoms with E-state index in [1.165, 1.54) is 6.42 Å². The molecule has 1 saturated carbocycles. The second-order valence-corrected chi connectivity index (χ2v) is 4.32. The van der Waals surface area contributed by atoms with Crippen molar-refractivity contribution in [2.75, 3.05) is 0 Å². The summed E-state index contributed by atoms with van der Waals surface area (Å²) >= 11 is 0. The van der Waals surface area contributed by atoms with Crippen LogP contribution in [0.3, 0.4) is 0 Å². The summed E-state index contributed by atoms with van der Waals surface area (Å²) in [5, 5.41) is 10.2. The lowest BCUT2D eigenvalue weighted by Gasteiger charge is -2.39. The first-order valence-corrected chi connectivity index (χ1v) is 5.06. The van der Waals surface area contributed by atoms with Crippen molar-refractivity contribution in [2.24, 2.45) is 11.7 Å². The number of hydrogen-bond acceptors (Lipinski definition) is 2. The molecule has 2 nitrogen and oxygen atoms in total. The van der Waals surface area contributed by atoms with E-state index in [2.05, 4.69) is 6.92 Å². The van der Waals surface area contributed by atoms with E-state index in [-0.39, 0.29) is 6.04 Å². The smallest absolute Gasteiger partial charge is 0.0800 e. The number of nitrogens with two attached hydrogens (primary N) is 1. The van der Waals surface area contributed by atoms with E-state index in [1.807, 2.05) is 6.92 Å². The average Bonchev–Trinajstić information content (AvgIpc) is 2.02. The van der Waals surface area contributed by atoms with E-state index < -0.39 is 5.60 Å². The van der Waals surface area contributed by atoms with Gasteiger partial charge in [-0.3, -0.25) is 0 Å². The number of hydrogen-bond donors (Lipinski definition) is 2. The van der Waals surface area contributed by atoms with E-state index in [4.69, 9.17) is 5.73 Å². The van der Waals surface area contributed by atoms with Crippen LogP contribution in [0.25, 0.3) is 0 Å². The maximum absolute atomic E-state index is 10.2. The summed E-state index contributed by atoms with van der Waals surface area (Å²) in [7, 11) is 0. The first-order valence-electron chi connectivity index (χ1n) is 5.06. The van der Waals surface area contributed by atoms with E-state index >= 15 is 0 Å². The third-order valence-electron chi connectivity index (χ3n) is 3.14. The zero-order chi connectivity index (χ0) is 9.19. The Morgan fingerprint density at radius 1 is 1.67 bits per heavy atom. The third kappa shape index (κ3) is 1.99. The van der Waals surface area contributed by atoms with Crippen LogP contribution in [0, 0.1) is 5.92 Å². The molecule has 0 aliphatic heterocycles. The Kier molecular flexibility index (Phi) is 3.13. The summed E-state index contributed by atoms with van der Waals surface area (Å²) in [6, 6.07) is -0.0275. The summed E-state index contributed by atoms with van der Waals surface area (Å²) in [4.78, 5) is 0. The lowest BCUT2D eigenvalue weighted by atomic mass is 9.74. The van der Waals surface area contributed by atoms with Crippen molar-refractivity contribution in [2.45, 2.75) is 57.6 Å². The van der Waals surface area contributed by atoms with Gasteiger partial charge in [-0.15, -0.1) is 0 Å². The molecule has 72 valence electrons. The molecule has 1 aliphatic rings. The molecule has 3 atom stereocenters. The van der Waals surface area contributed by atoms with Crippen molar-refractivity contribution >= 4 is 0 Å². The molecular weight excluding hydrogens is 150 g/mol. The summed E-state index contributed by atoms with van der Waals surface area (Å²) in [6.45, 7) is 4.24. The second kappa shape index (κ2) is 3.75. The van der Waals surface area contributed by atoms with Crippen LogP contribution in [-0.2, 0) is 0 Å². The molecule has 0 heterocycles. The van der Waals surface area contributed by atoms with Crippen molar-refractivity contribution in [1.29, 1.82) is 0 Å². The fourth-order valence-corrected chi connectivity index (χ4v) is 2.28. The van der Waals surface area contributed by atoms with E-state index in [0.29, 0.717) is 5.92 Å². The van der Waals surface area contributed by atoms with Crippen molar-refractivity contribution in [1.82, 2.24) is 0 Å². The van der Waals surface area contributed by atoms with Gasteiger partial charge >= 0.3 is 0 Å². The maximum atomic E-state index is 10.2. The predicted molar refractivity (Wildman–Crippen MR) is 50.8 cm³/mol. The second-order valence-electron chi connectivity index (χ2n) is 4.32. The summed E-state index contributed by atoms with van der Waals surface area (Å²) in [5.74, 6) is 0.640. The van der Waals surface area contributed by atoms with Gasteiger partial charge in [-0.2, -0.15) is 0 Å². The molecule has 0 aromatic heterocycles. The van der Waals surface area contributed by atoms with Gasteiger partial charge in [-0.1, -0.05) is 26.7 Å². The highest BCUT2D eigenvalue weighted by Crippen LogP contribution is 2.34. The molecular formula is C10H21NO. The van der Waals surface area contributed by atoms with Gasteiger partial charge in [0.15, 0.2) is 0 Å². The lowest BCUT2D eigenvalue weighted by molar-refractivity contribution is -0.0353. The van der Waals surface area contributed by atoms with Gasteiger partial charge in [-0.05, 0) is 25.2 Å². The van der Waals surface area contributed by atoms with E-state index in [0.717, 1.165) is 25.7 Å². The zero-order valence-corrected chi connectivity index (χ0v) is 8.21. The van der Waals surface area contributed by atoms with Crippen molar-refractivity contribution in [3.8, 4) is 0 Å². The fraction of sp³-hybridized carbons (Fsp3) is 1.00. The molecule has 1 rings (SSSR count). The molecule has 0 amide bonds. The molecule has 1 fully saturated rings. The Morgan fingerprint density at radius 3 is 2.83 bits per heavy atom. The third-order valence-corrected chi connectivity index (χ3v) is 3.14. The largest absolute Gasteiger partial charge is 0.388 e. The molecule has 0 aromatic rings. The van der Waals surface area contributed by atoms with Gasteiger partial charge in [0.25, 0.3) is 0 Å². The Morgan fingerprint density at radius 2 is 2.33 bits per heavy atom. The zero-order valence-electron chi connectivity index (χ0n) is 8.21. The first kappa shape index (κ1) is 10.0. The van der Waals surface area contributed by atoms with Crippen LogP contribution in [0.1, 0.15) is 46.0 Å². The number of aliphatic hydroxyl groups is 1. The van der Waals surface area contributed by atoms with Gasteiger partial charge in [-0.25, -0.2) is 0 Å². The first-order chi connectivity index (χ1) is 5.58. The molecule has 1 aliphatic carbocycles. The molecule has 0 radical (unpaired) electrons. The topological polar surface area (TPSA) is 46.2 Å². The van der Waals surface area contributed by atoms with E-state index in [1.54, 1.807) is 0 Å². The minimum atomic E-state index is -0.563. The summed E-state index contributed by atoms with van der Waals surface area (Å²) < 4.78 is 0. The van der Waals surface area contributed by atoms with Crippen LogP contribution in [0.5, 0.6) is 0 Å². The molecule has 0 spiro atoms. The maximum Gasteiger partial charge on any atom is 0.0800 e. The van der Waals surface area contributed by atoms with Crippen molar-refractivity contribution in [3.05, 3.63) is 0 Å². The van der Waals surface area contributed by atoms with Gasteiger partial charge in [0.2, 0.25) is 0 Å². The van der Waals surface area contributed by atoms with Crippen LogP contribution in [0.2, 0.25) is 0 Å². The normalized spacial score (nSPS) is 39.5. The van der Waals surface area contributed by atoms with Gasteiger partial charge in [0, 0.05) is 6.04 Å². The highest BCUT2D eigenvalue weighted by molar-refractivity contribution is 4.92. The standard InChI is InChI=1S/C10H21NO/c1-3-9(11)10(12)6-4-5-8(2)7-10/h8-9,12H,3-7,11H2,1-2H3. The van der Waals surface area contributed by atoms with Crippen LogP contribution in [0.15, 0.2) is 0 Å². The quantitative estimate of drug-likeness (QED) is 0.664. The van der Waals surface area contributed by atoms with Gasteiger partial charge < -0.3 is 10.8 Å². The molecule has 0 saturated heterocycles. The van der Waals surface area contributed by atoms with Crippen LogP contribution < -0.4 is 5.73 Å². The summed E-state index contributed by atoms with van der Waals surface area (Å²) in [6.07, 6.45) is 5.04. The van der Waals surface area contributed by atoms with Gasteiger partial charge in [0.1, 0.15) is 0 Å². The van der Waals surface area contributed by atoms with Crippen molar-refractivity contribution in [3.63, 3.8) is 0 Å². The average molecular weight is 171 g/mol. The molecule has 12 heavy (non-hydrogen) atoms. The molecule has 0 aromatic carbocycles.